The van der Waals surface area contributed by atoms with Crippen molar-refractivity contribution in [1.29, 1.82) is 0 Å². The molecule has 60 valence electrons. The Morgan fingerprint density at radius 1 is 1.45 bits per heavy atom. The first-order valence-corrected chi connectivity index (χ1v) is 3.24. The zero-order valence-corrected chi connectivity index (χ0v) is 6.24. The van der Waals surface area contributed by atoms with Crippen molar-refractivity contribution in [3.8, 4) is 11.5 Å². The summed E-state index contributed by atoms with van der Waals surface area (Å²) in [7, 11) is 1.52. The third-order valence-electron chi connectivity index (χ3n) is 1.46. The van der Waals surface area contributed by atoms with E-state index in [-0.39, 0.29) is 12.4 Å². The molecule has 2 N–H and O–H groups in total. The molecule has 0 amide bonds. The summed E-state index contributed by atoms with van der Waals surface area (Å²) < 4.78 is 4.85. The molecule has 0 radical (unpaired) electrons. The third kappa shape index (κ3) is 1.62. The zero-order chi connectivity index (χ0) is 8.27. The van der Waals surface area contributed by atoms with Gasteiger partial charge in [-0.15, -0.1) is 0 Å². The molecule has 0 aliphatic rings. The Labute approximate surface area is 64.9 Å². The van der Waals surface area contributed by atoms with Crippen molar-refractivity contribution in [2.24, 2.45) is 0 Å². The minimum Gasteiger partial charge on any atom is -0.507 e. The fraction of sp³-hybridized carbons (Fsp3) is 0.250. The molecule has 1 aromatic rings. The molecule has 0 saturated carbocycles. The van der Waals surface area contributed by atoms with Crippen LogP contribution in [0.5, 0.6) is 11.5 Å². The molecule has 0 aromatic heterocycles. The summed E-state index contributed by atoms with van der Waals surface area (Å²) in [4.78, 5) is 0. The van der Waals surface area contributed by atoms with Crippen molar-refractivity contribution in [3.05, 3.63) is 23.8 Å². The van der Waals surface area contributed by atoms with E-state index in [1.54, 1.807) is 12.1 Å². The fourth-order valence-electron chi connectivity index (χ4n) is 0.804. The van der Waals surface area contributed by atoms with Crippen molar-refractivity contribution >= 4 is 0 Å². The molecule has 0 atom stereocenters. The Bertz CT molecular complexity index is 245. The zero-order valence-electron chi connectivity index (χ0n) is 6.24. The molecule has 0 unspecified atom stereocenters. The van der Waals surface area contributed by atoms with E-state index in [9.17, 15) is 5.11 Å². The van der Waals surface area contributed by atoms with Gasteiger partial charge in [-0.1, -0.05) is 0 Å². The summed E-state index contributed by atoms with van der Waals surface area (Å²) in [6.07, 6.45) is 0. The van der Waals surface area contributed by atoms with E-state index in [0.717, 1.165) is 0 Å². The van der Waals surface area contributed by atoms with Crippen molar-refractivity contribution in [2.45, 2.75) is 6.61 Å². The topological polar surface area (TPSA) is 49.7 Å². The Morgan fingerprint density at radius 3 is 2.64 bits per heavy atom. The second-order valence-electron chi connectivity index (χ2n) is 2.15. The van der Waals surface area contributed by atoms with Crippen LogP contribution in [0.15, 0.2) is 18.2 Å². The number of benzene rings is 1. The SMILES string of the molecule is COc1ccc(CO)c(O)c1. The summed E-state index contributed by atoms with van der Waals surface area (Å²) in [5, 5.41) is 17.9. The van der Waals surface area contributed by atoms with E-state index in [4.69, 9.17) is 9.84 Å². The average Bonchev–Trinajstić information content (AvgIpc) is 2.04. The van der Waals surface area contributed by atoms with Crippen molar-refractivity contribution in [2.75, 3.05) is 7.11 Å². The average molecular weight is 154 g/mol. The molecule has 0 spiro atoms. The molecule has 3 nitrogen and oxygen atoms in total. The minimum absolute atomic E-state index is 0.0619. The number of hydrogen-bond donors (Lipinski definition) is 2. The van der Waals surface area contributed by atoms with Crippen LogP contribution in [0, 0.1) is 0 Å². The summed E-state index contributed by atoms with van der Waals surface area (Å²) in [5.41, 5.74) is 0.505. The van der Waals surface area contributed by atoms with Gasteiger partial charge in [0.15, 0.2) is 0 Å². The van der Waals surface area contributed by atoms with E-state index in [0.29, 0.717) is 11.3 Å². The summed E-state index contributed by atoms with van der Waals surface area (Å²) in [6, 6.07) is 4.77. The minimum atomic E-state index is -0.157. The first kappa shape index (κ1) is 7.88. The van der Waals surface area contributed by atoms with Crippen LogP contribution < -0.4 is 4.74 Å². The van der Waals surface area contributed by atoms with E-state index >= 15 is 0 Å². The maximum atomic E-state index is 9.18. The van der Waals surface area contributed by atoms with Gasteiger partial charge in [0.05, 0.1) is 13.7 Å². The quantitative estimate of drug-likeness (QED) is 0.665. The number of phenols is 1. The second-order valence-corrected chi connectivity index (χ2v) is 2.15. The molecule has 0 aliphatic carbocycles. The van der Waals surface area contributed by atoms with Crippen molar-refractivity contribution in [3.63, 3.8) is 0 Å². The first-order valence-electron chi connectivity index (χ1n) is 3.24. The number of aliphatic hydroxyl groups is 1. The fourth-order valence-corrected chi connectivity index (χ4v) is 0.804. The lowest BCUT2D eigenvalue weighted by Gasteiger charge is -2.03. The van der Waals surface area contributed by atoms with Gasteiger partial charge in [-0.2, -0.15) is 0 Å². The van der Waals surface area contributed by atoms with Crippen LogP contribution >= 0.6 is 0 Å². The third-order valence-corrected chi connectivity index (χ3v) is 1.46. The molecule has 0 bridgehead atoms. The number of rotatable bonds is 2. The standard InChI is InChI=1S/C8H10O3/c1-11-7-3-2-6(5-9)8(10)4-7/h2-4,9-10H,5H2,1H3. The molecule has 0 saturated heterocycles. The monoisotopic (exact) mass is 154 g/mol. The molecule has 0 fully saturated rings. The number of methoxy groups -OCH3 is 1. The molecule has 1 rings (SSSR count). The first-order chi connectivity index (χ1) is 5.27. The predicted molar refractivity (Wildman–Crippen MR) is 40.6 cm³/mol. The van der Waals surface area contributed by atoms with Gasteiger partial charge in [-0.25, -0.2) is 0 Å². The Hall–Kier alpha value is -1.22. The highest BCUT2D eigenvalue weighted by Crippen LogP contribution is 2.22. The lowest BCUT2D eigenvalue weighted by atomic mass is 10.2. The summed E-state index contributed by atoms with van der Waals surface area (Å²) >= 11 is 0. The molecule has 1 aromatic carbocycles. The van der Waals surface area contributed by atoms with Gasteiger partial charge in [-0.3, -0.25) is 0 Å². The second kappa shape index (κ2) is 3.25. The smallest absolute Gasteiger partial charge is 0.124 e. The number of hydrogen-bond acceptors (Lipinski definition) is 3. The Kier molecular flexibility index (Phi) is 2.33. The highest BCUT2D eigenvalue weighted by atomic mass is 16.5. The Balaban J connectivity index is 2.99. The molecular weight excluding hydrogens is 144 g/mol. The predicted octanol–water partition coefficient (Wildman–Crippen LogP) is 0.893. The summed E-state index contributed by atoms with van der Waals surface area (Å²) in [6.45, 7) is -0.157. The van der Waals surface area contributed by atoms with Crippen LogP contribution in [0.4, 0.5) is 0 Å². The highest BCUT2D eigenvalue weighted by Gasteiger charge is 1.99. The Morgan fingerprint density at radius 2 is 2.18 bits per heavy atom. The van der Waals surface area contributed by atoms with E-state index in [2.05, 4.69) is 0 Å². The van der Waals surface area contributed by atoms with Crippen LogP contribution in [0.3, 0.4) is 0 Å². The molecule has 0 aliphatic heterocycles. The van der Waals surface area contributed by atoms with Crippen molar-refractivity contribution < 1.29 is 14.9 Å². The molecule has 11 heavy (non-hydrogen) atoms. The van der Waals surface area contributed by atoms with Crippen LogP contribution in [0.25, 0.3) is 0 Å². The van der Waals surface area contributed by atoms with Gasteiger partial charge in [0.1, 0.15) is 11.5 Å². The van der Waals surface area contributed by atoms with Gasteiger partial charge in [0.2, 0.25) is 0 Å². The summed E-state index contributed by atoms with van der Waals surface area (Å²) in [5.74, 6) is 0.645. The number of aliphatic hydroxyl groups excluding tert-OH is 1. The highest BCUT2D eigenvalue weighted by molar-refractivity contribution is 5.39. The lowest BCUT2D eigenvalue weighted by Crippen LogP contribution is -1.86. The maximum absolute atomic E-state index is 9.18. The van der Waals surface area contributed by atoms with Crippen LogP contribution in [-0.4, -0.2) is 17.3 Å². The van der Waals surface area contributed by atoms with Gasteiger partial charge in [0, 0.05) is 11.6 Å². The number of ether oxygens (including phenoxy) is 1. The van der Waals surface area contributed by atoms with Gasteiger partial charge in [-0.05, 0) is 12.1 Å². The van der Waals surface area contributed by atoms with Crippen molar-refractivity contribution in [1.82, 2.24) is 0 Å². The molecule has 0 heterocycles. The van der Waals surface area contributed by atoms with E-state index in [1.165, 1.54) is 13.2 Å². The lowest BCUT2D eigenvalue weighted by molar-refractivity contribution is 0.275. The molecule has 3 heteroatoms. The van der Waals surface area contributed by atoms with Crippen LogP contribution in [0.2, 0.25) is 0 Å². The van der Waals surface area contributed by atoms with E-state index in [1.807, 2.05) is 0 Å². The van der Waals surface area contributed by atoms with Gasteiger partial charge < -0.3 is 14.9 Å². The maximum Gasteiger partial charge on any atom is 0.124 e. The number of aromatic hydroxyl groups is 1. The molecular formula is C8H10O3. The van der Waals surface area contributed by atoms with E-state index < -0.39 is 0 Å². The normalized spacial score (nSPS) is 9.64. The van der Waals surface area contributed by atoms with Gasteiger partial charge >= 0.3 is 0 Å². The largest absolute Gasteiger partial charge is 0.507 e. The van der Waals surface area contributed by atoms with Crippen LogP contribution in [-0.2, 0) is 6.61 Å². The van der Waals surface area contributed by atoms with Crippen LogP contribution in [0.1, 0.15) is 5.56 Å². The van der Waals surface area contributed by atoms with Gasteiger partial charge in [0.25, 0.3) is 0 Å².